The van der Waals surface area contributed by atoms with Crippen molar-refractivity contribution in [1.29, 1.82) is 0 Å². The number of sulfonamides is 1. The van der Waals surface area contributed by atoms with Crippen molar-refractivity contribution in [3.8, 4) is 5.75 Å². The highest BCUT2D eigenvalue weighted by Gasteiger charge is 2.21. The van der Waals surface area contributed by atoms with E-state index in [2.05, 4.69) is 0 Å². The molecule has 0 aliphatic carbocycles. The third-order valence-corrected chi connectivity index (χ3v) is 5.18. The van der Waals surface area contributed by atoms with E-state index in [0.29, 0.717) is 29.5 Å². The van der Waals surface area contributed by atoms with Crippen molar-refractivity contribution in [2.75, 3.05) is 37.3 Å². The lowest BCUT2D eigenvalue weighted by Gasteiger charge is -2.26. The number of hydrogen-bond donors (Lipinski definition) is 0. The van der Waals surface area contributed by atoms with Crippen molar-refractivity contribution < 1.29 is 17.9 Å². The summed E-state index contributed by atoms with van der Waals surface area (Å²) >= 11 is 6.10. The largest absolute Gasteiger partial charge is 0.495 e. The van der Waals surface area contributed by atoms with Gasteiger partial charge in [-0.05, 0) is 31.0 Å². The van der Waals surface area contributed by atoms with Crippen molar-refractivity contribution in [3.05, 3.63) is 23.2 Å². The van der Waals surface area contributed by atoms with Crippen molar-refractivity contribution in [2.24, 2.45) is 0 Å². The van der Waals surface area contributed by atoms with Crippen LogP contribution in [0.3, 0.4) is 0 Å². The topological polar surface area (TPSA) is 66.9 Å². The van der Waals surface area contributed by atoms with Crippen molar-refractivity contribution in [2.45, 2.75) is 33.1 Å². The van der Waals surface area contributed by atoms with Gasteiger partial charge in [-0.25, -0.2) is 8.42 Å². The van der Waals surface area contributed by atoms with Gasteiger partial charge in [-0.2, -0.15) is 0 Å². The Hall–Kier alpha value is -1.47. The minimum Gasteiger partial charge on any atom is -0.495 e. The molecule has 0 saturated carbocycles. The van der Waals surface area contributed by atoms with Gasteiger partial charge in [-0.1, -0.05) is 25.4 Å². The van der Waals surface area contributed by atoms with Gasteiger partial charge in [0.25, 0.3) is 0 Å². The summed E-state index contributed by atoms with van der Waals surface area (Å²) < 4.78 is 30.6. The Balaban J connectivity index is 2.95. The number of anilines is 1. The predicted molar refractivity (Wildman–Crippen MR) is 102 cm³/mol. The van der Waals surface area contributed by atoms with E-state index < -0.39 is 10.0 Å². The number of halogens is 1. The molecule has 0 N–H and O–H groups in total. The Morgan fingerprint density at radius 3 is 2.20 bits per heavy atom. The van der Waals surface area contributed by atoms with E-state index in [1.807, 2.05) is 13.8 Å². The Bertz CT molecular complexity index is 673. The standard InChI is InChI=1S/C17H27ClN2O4S/c1-5-10-19(11-6-2)17(21)9-12-20(25(4,22)23)14-7-8-16(24-3)15(18)13-14/h7-8,13H,5-6,9-12H2,1-4H3. The van der Waals surface area contributed by atoms with Crippen LogP contribution in [0.25, 0.3) is 0 Å². The molecule has 1 rings (SSSR count). The lowest BCUT2D eigenvalue weighted by molar-refractivity contribution is -0.131. The zero-order chi connectivity index (χ0) is 19.0. The van der Waals surface area contributed by atoms with E-state index in [9.17, 15) is 13.2 Å². The highest BCUT2D eigenvalue weighted by Crippen LogP contribution is 2.30. The van der Waals surface area contributed by atoms with Crippen LogP contribution in [0.15, 0.2) is 18.2 Å². The minimum atomic E-state index is -3.54. The van der Waals surface area contributed by atoms with Gasteiger partial charge in [-0.15, -0.1) is 0 Å². The van der Waals surface area contributed by atoms with Crippen LogP contribution < -0.4 is 9.04 Å². The number of carbonyl (C=O) groups excluding carboxylic acids is 1. The molecule has 25 heavy (non-hydrogen) atoms. The smallest absolute Gasteiger partial charge is 0.232 e. The zero-order valence-electron chi connectivity index (χ0n) is 15.3. The quantitative estimate of drug-likeness (QED) is 0.615. The second-order valence-corrected chi connectivity index (χ2v) is 8.10. The lowest BCUT2D eigenvalue weighted by atomic mass is 10.2. The summed E-state index contributed by atoms with van der Waals surface area (Å²) in [4.78, 5) is 14.2. The SMILES string of the molecule is CCCN(CCC)C(=O)CCN(c1ccc(OC)c(Cl)c1)S(C)(=O)=O. The predicted octanol–water partition coefficient (Wildman–Crippen LogP) is 3.15. The third-order valence-electron chi connectivity index (χ3n) is 3.69. The van der Waals surface area contributed by atoms with Gasteiger partial charge in [0.1, 0.15) is 5.75 Å². The van der Waals surface area contributed by atoms with Crippen LogP contribution in [-0.2, 0) is 14.8 Å². The summed E-state index contributed by atoms with van der Waals surface area (Å²) in [5.74, 6) is 0.420. The van der Waals surface area contributed by atoms with Gasteiger partial charge >= 0.3 is 0 Å². The van der Waals surface area contributed by atoms with Crippen molar-refractivity contribution >= 4 is 33.2 Å². The average Bonchev–Trinajstić information content (AvgIpc) is 2.53. The number of benzene rings is 1. The molecule has 1 aromatic carbocycles. The van der Waals surface area contributed by atoms with E-state index in [4.69, 9.17) is 16.3 Å². The molecule has 6 nitrogen and oxygen atoms in total. The first-order valence-corrected chi connectivity index (χ1v) is 10.6. The van der Waals surface area contributed by atoms with Crippen LogP contribution >= 0.6 is 11.6 Å². The molecule has 0 saturated heterocycles. The van der Waals surface area contributed by atoms with Gasteiger partial charge in [0.15, 0.2) is 0 Å². The number of ether oxygens (including phenoxy) is 1. The fraction of sp³-hybridized carbons (Fsp3) is 0.588. The number of rotatable bonds is 10. The molecule has 1 amide bonds. The first-order chi connectivity index (χ1) is 11.7. The zero-order valence-corrected chi connectivity index (χ0v) is 16.9. The molecule has 0 aliphatic heterocycles. The molecule has 0 unspecified atom stereocenters. The van der Waals surface area contributed by atoms with Crippen LogP contribution in [0, 0.1) is 0 Å². The Labute approximate surface area is 155 Å². The van der Waals surface area contributed by atoms with E-state index in [-0.39, 0.29) is 18.9 Å². The first kappa shape index (κ1) is 21.6. The monoisotopic (exact) mass is 390 g/mol. The van der Waals surface area contributed by atoms with Crippen LogP contribution in [0.1, 0.15) is 33.1 Å². The highest BCUT2D eigenvalue weighted by molar-refractivity contribution is 7.92. The van der Waals surface area contributed by atoms with Gasteiger partial charge in [0.2, 0.25) is 15.9 Å². The molecular weight excluding hydrogens is 364 g/mol. The number of hydrogen-bond acceptors (Lipinski definition) is 4. The van der Waals surface area contributed by atoms with Gasteiger partial charge < -0.3 is 9.64 Å². The fourth-order valence-corrected chi connectivity index (χ4v) is 3.72. The van der Waals surface area contributed by atoms with E-state index in [1.165, 1.54) is 17.5 Å². The van der Waals surface area contributed by atoms with Crippen molar-refractivity contribution in [3.63, 3.8) is 0 Å². The molecule has 8 heteroatoms. The first-order valence-electron chi connectivity index (χ1n) is 8.33. The molecule has 1 aromatic rings. The molecule has 0 bridgehead atoms. The summed E-state index contributed by atoms with van der Waals surface area (Å²) in [6, 6.07) is 4.76. The highest BCUT2D eigenvalue weighted by atomic mass is 35.5. The molecule has 0 atom stereocenters. The number of carbonyl (C=O) groups is 1. The van der Waals surface area contributed by atoms with E-state index in [1.54, 1.807) is 17.0 Å². The summed E-state index contributed by atoms with van der Waals surface area (Å²) in [6.07, 6.45) is 2.98. The van der Waals surface area contributed by atoms with E-state index >= 15 is 0 Å². The molecule has 142 valence electrons. The third kappa shape index (κ3) is 6.40. The molecule has 0 fully saturated rings. The summed E-state index contributed by atoms with van der Waals surface area (Å²) in [5, 5.41) is 0.318. The second kappa shape index (κ2) is 9.87. The maximum atomic E-state index is 12.4. The van der Waals surface area contributed by atoms with Crippen molar-refractivity contribution in [1.82, 2.24) is 4.90 Å². The number of amides is 1. The van der Waals surface area contributed by atoms with Gasteiger partial charge in [0.05, 0.1) is 24.1 Å². The summed E-state index contributed by atoms with van der Waals surface area (Å²) in [5.41, 5.74) is 0.415. The molecule has 0 aromatic heterocycles. The average molecular weight is 391 g/mol. The van der Waals surface area contributed by atoms with Gasteiger partial charge in [-0.3, -0.25) is 9.10 Å². The summed E-state index contributed by atoms with van der Waals surface area (Å²) in [6.45, 7) is 5.46. The maximum Gasteiger partial charge on any atom is 0.232 e. The number of methoxy groups -OCH3 is 1. The number of nitrogens with zero attached hydrogens (tertiary/aromatic N) is 2. The molecule has 0 spiro atoms. The maximum absolute atomic E-state index is 12.4. The Kier molecular flexibility index (Phi) is 8.52. The van der Waals surface area contributed by atoms with Crippen LogP contribution in [-0.4, -0.2) is 52.2 Å². The molecule has 0 heterocycles. The summed E-state index contributed by atoms with van der Waals surface area (Å²) in [7, 11) is -2.05. The second-order valence-electron chi connectivity index (χ2n) is 5.78. The molecular formula is C17H27ClN2O4S. The van der Waals surface area contributed by atoms with Crippen LogP contribution in [0.4, 0.5) is 5.69 Å². The Morgan fingerprint density at radius 2 is 1.76 bits per heavy atom. The minimum absolute atomic E-state index is 0.0445. The molecule has 0 radical (unpaired) electrons. The van der Waals surface area contributed by atoms with Crippen LogP contribution in [0.5, 0.6) is 5.75 Å². The van der Waals surface area contributed by atoms with E-state index in [0.717, 1.165) is 19.1 Å². The fourth-order valence-electron chi connectivity index (χ4n) is 2.55. The molecule has 0 aliphatic rings. The lowest BCUT2D eigenvalue weighted by Crippen LogP contribution is -2.37. The van der Waals surface area contributed by atoms with Crippen LogP contribution in [0.2, 0.25) is 5.02 Å². The normalized spacial score (nSPS) is 11.2. The Morgan fingerprint density at radius 1 is 1.16 bits per heavy atom. The van der Waals surface area contributed by atoms with Gasteiger partial charge in [0, 0.05) is 26.1 Å².